The summed E-state index contributed by atoms with van der Waals surface area (Å²) in [5.41, 5.74) is 15.1. The largest absolute Gasteiger partial charge is 0.310 e. The first-order valence-corrected chi connectivity index (χ1v) is 20.9. The van der Waals surface area contributed by atoms with Crippen molar-refractivity contribution < 1.29 is 0 Å². The Morgan fingerprint density at radius 3 is 1.61 bits per heavy atom. The quantitative estimate of drug-likeness (QED) is 0.157. The fourth-order valence-corrected chi connectivity index (χ4v) is 9.55. The lowest BCUT2D eigenvalue weighted by Crippen LogP contribution is -2.10. The zero-order valence-corrected chi connectivity index (χ0v) is 33.4. The van der Waals surface area contributed by atoms with Crippen LogP contribution in [0.15, 0.2) is 237 Å². The standard InChI is InChI=1S/C58H39N3/c1-3-15-40(16-4-1)41-29-33-46(34-30-41)61-53-25-11-9-22-50(53)51-38-37-47(39-57(51)61)59(45-35-31-43(32-36-45)49-24-13-18-42-17-7-8-21-48(42)49)55-27-14-28-56-58(55)52-23-10-12-26-54(52)60(56)44-19-5-2-6-20-44/h1-39H. The molecule has 12 aromatic rings. The van der Waals surface area contributed by atoms with Crippen LogP contribution in [0.3, 0.4) is 0 Å². The molecule has 61 heavy (non-hydrogen) atoms. The first kappa shape index (κ1) is 34.9. The Morgan fingerprint density at radius 2 is 0.820 bits per heavy atom. The molecule has 0 aliphatic rings. The minimum absolute atomic E-state index is 1.08. The third kappa shape index (κ3) is 5.74. The van der Waals surface area contributed by atoms with Crippen LogP contribution in [0.5, 0.6) is 0 Å². The summed E-state index contributed by atoms with van der Waals surface area (Å²) in [4.78, 5) is 2.46. The second kappa shape index (κ2) is 14.3. The van der Waals surface area contributed by atoms with Gasteiger partial charge in [-0.2, -0.15) is 0 Å². The lowest BCUT2D eigenvalue weighted by Gasteiger charge is -2.27. The van der Waals surface area contributed by atoms with Gasteiger partial charge in [-0.05, 0) is 106 Å². The van der Waals surface area contributed by atoms with E-state index in [9.17, 15) is 0 Å². The van der Waals surface area contributed by atoms with E-state index in [4.69, 9.17) is 0 Å². The fraction of sp³-hybridized carbons (Fsp3) is 0. The predicted octanol–water partition coefficient (Wildman–Crippen LogP) is 15.8. The van der Waals surface area contributed by atoms with Crippen molar-refractivity contribution in [2.24, 2.45) is 0 Å². The summed E-state index contributed by atoms with van der Waals surface area (Å²) in [6.45, 7) is 0. The highest BCUT2D eigenvalue weighted by molar-refractivity contribution is 6.17. The number of nitrogens with zero attached hydrogens (tertiary/aromatic N) is 3. The van der Waals surface area contributed by atoms with Crippen molar-refractivity contribution in [3.63, 3.8) is 0 Å². The molecule has 12 rings (SSSR count). The number of para-hydroxylation sites is 3. The summed E-state index contributed by atoms with van der Waals surface area (Å²) >= 11 is 0. The van der Waals surface area contributed by atoms with E-state index in [0.717, 1.165) is 39.5 Å². The van der Waals surface area contributed by atoms with Crippen LogP contribution in [0.4, 0.5) is 17.1 Å². The number of rotatable bonds is 7. The van der Waals surface area contributed by atoms with E-state index in [1.807, 2.05) is 0 Å². The van der Waals surface area contributed by atoms with E-state index in [1.54, 1.807) is 0 Å². The number of fused-ring (bicyclic) bond motifs is 7. The molecule has 0 aliphatic heterocycles. The van der Waals surface area contributed by atoms with Crippen LogP contribution in [0, 0.1) is 0 Å². The molecule has 2 heterocycles. The highest BCUT2D eigenvalue weighted by Crippen LogP contribution is 2.46. The average molecular weight is 778 g/mol. The van der Waals surface area contributed by atoms with Gasteiger partial charge in [-0.3, -0.25) is 0 Å². The van der Waals surface area contributed by atoms with Crippen molar-refractivity contribution in [1.29, 1.82) is 0 Å². The van der Waals surface area contributed by atoms with Crippen molar-refractivity contribution in [3.8, 4) is 33.6 Å². The van der Waals surface area contributed by atoms with Crippen LogP contribution in [-0.4, -0.2) is 9.13 Å². The van der Waals surface area contributed by atoms with Crippen LogP contribution < -0.4 is 4.90 Å². The Bertz CT molecular complexity index is 3560. The molecule has 3 heteroatoms. The SMILES string of the molecule is c1ccc(-c2ccc(-n3c4ccccc4c4ccc(N(c5ccc(-c6cccc7ccccc67)cc5)c5cccc6c5c5ccccc5n6-c5ccccc5)cc43)cc2)cc1. The minimum Gasteiger partial charge on any atom is -0.310 e. The molecule has 0 unspecified atom stereocenters. The molecule has 0 fully saturated rings. The van der Waals surface area contributed by atoms with Crippen molar-refractivity contribution in [2.45, 2.75) is 0 Å². The molecule has 3 nitrogen and oxygen atoms in total. The Labute approximate surface area is 354 Å². The van der Waals surface area contributed by atoms with E-state index >= 15 is 0 Å². The fourth-order valence-electron chi connectivity index (χ4n) is 9.55. The van der Waals surface area contributed by atoms with Crippen molar-refractivity contribution >= 4 is 71.4 Å². The monoisotopic (exact) mass is 777 g/mol. The molecular weight excluding hydrogens is 739 g/mol. The lowest BCUT2D eigenvalue weighted by molar-refractivity contribution is 1.17. The number of anilines is 3. The predicted molar refractivity (Wildman–Crippen MR) is 258 cm³/mol. The van der Waals surface area contributed by atoms with E-state index in [-0.39, 0.29) is 0 Å². The summed E-state index contributed by atoms with van der Waals surface area (Å²) < 4.78 is 4.82. The summed E-state index contributed by atoms with van der Waals surface area (Å²) in [5.74, 6) is 0. The molecule has 0 saturated heterocycles. The van der Waals surface area contributed by atoms with Gasteiger partial charge in [0.25, 0.3) is 0 Å². The van der Waals surface area contributed by atoms with Gasteiger partial charge < -0.3 is 14.0 Å². The van der Waals surface area contributed by atoms with Gasteiger partial charge in [-0.15, -0.1) is 0 Å². The highest BCUT2D eigenvalue weighted by atomic mass is 15.2. The van der Waals surface area contributed by atoms with Crippen LogP contribution in [0.25, 0.3) is 88.0 Å². The van der Waals surface area contributed by atoms with Crippen LogP contribution in [0.1, 0.15) is 0 Å². The summed E-state index contributed by atoms with van der Waals surface area (Å²) in [6.07, 6.45) is 0. The van der Waals surface area contributed by atoms with E-state index < -0.39 is 0 Å². The molecule has 0 aliphatic carbocycles. The zero-order valence-electron chi connectivity index (χ0n) is 33.4. The van der Waals surface area contributed by atoms with Gasteiger partial charge in [0.1, 0.15) is 0 Å². The molecule has 10 aromatic carbocycles. The summed E-state index contributed by atoms with van der Waals surface area (Å²) in [6, 6.07) is 86.0. The Hall–Kier alpha value is -8.14. The lowest BCUT2D eigenvalue weighted by atomic mass is 9.98. The average Bonchev–Trinajstić information content (AvgIpc) is 3.85. The second-order valence-corrected chi connectivity index (χ2v) is 15.7. The van der Waals surface area contributed by atoms with Gasteiger partial charge in [0, 0.05) is 44.3 Å². The normalized spacial score (nSPS) is 11.6. The van der Waals surface area contributed by atoms with Crippen molar-refractivity contribution in [3.05, 3.63) is 237 Å². The van der Waals surface area contributed by atoms with Crippen molar-refractivity contribution in [2.75, 3.05) is 4.90 Å². The Kier molecular flexibility index (Phi) is 8.17. The molecule has 0 radical (unpaired) electrons. The molecule has 0 bridgehead atoms. The van der Waals surface area contributed by atoms with Crippen molar-refractivity contribution in [1.82, 2.24) is 9.13 Å². The maximum Gasteiger partial charge on any atom is 0.0562 e. The first-order valence-electron chi connectivity index (χ1n) is 20.9. The third-order valence-corrected chi connectivity index (χ3v) is 12.3. The van der Waals surface area contributed by atoms with Gasteiger partial charge >= 0.3 is 0 Å². The second-order valence-electron chi connectivity index (χ2n) is 15.7. The summed E-state index contributed by atoms with van der Waals surface area (Å²) in [7, 11) is 0. The smallest absolute Gasteiger partial charge is 0.0562 e. The molecule has 0 saturated carbocycles. The molecule has 0 N–H and O–H groups in total. The maximum absolute atomic E-state index is 2.46. The van der Waals surface area contributed by atoms with E-state index in [2.05, 4.69) is 251 Å². The van der Waals surface area contributed by atoms with Crippen LogP contribution in [0.2, 0.25) is 0 Å². The first-order chi connectivity index (χ1) is 30.3. The van der Waals surface area contributed by atoms with Crippen LogP contribution >= 0.6 is 0 Å². The molecule has 286 valence electrons. The van der Waals surface area contributed by atoms with Crippen LogP contribution in [-0.2, 0) is 0 Å². The molecule has 2 aromatic heterocycles. The van der Waals surface area contributed by atoms with Gasteiger partial charge in [0.2, 0.25) is 0 Å². The summed E-state index contributed by atoms with van der Waals surface area (Å²) in [5, 5.41) is 7.36. The van der Waals surface area contributed by atoms with Gasteiger partial charge in [-0.25, -0.2) is 0 Å². The maximum atomic E-state index is 2.46. The number of benzene rings is 10. The van der Waals surface area contributed by atoms with E-state index in [0.29, 0.717) is 0 Å². The molecule has 0 atom stereocenters. The number of aromatic nitrogens is 2. The van der Waals surface area contributed by atoms with Gasteiger partial charge in [-0.1, -0.05) is 164 Å². The number of hydrogen-bond acceptors (Lipinski definition) is 1. The molecule has 0 amide bonds. The minimum atomic E-state index is 1.08. The highest BCUT2D eigenvalue weighted by Gasteiger charge is 2.23. The van der Waals surface area contributed by atoms with Gasteiger partial charge in [0.05, 0.1) is 27.8 Å². The third-order valence-electron chi connectivity index (χ3n) is 12.3. The molecule has 0 spiro atoms. The Balaban J connectivity index is 1.10. The zero-order chi connectivity index (χ0) is 40.3. The van der Waals surface area contributed by atoms with Gasteiger partial charge in [0.15, 0.2) is 0 Å². The van der Waals surface area contributed by atoms with E-state index in [1.165, 1.54) is 65.6 Å². The Morgan fingerprint density at radius 1 is 0.295 bits per heavy atom. The topological polar surface area (TPSA) is 13.1 Å². The molecular formula is C58H39N3. The number of hydrogen-bond donors (Lipinski definition) is 0.